The molecule has 27 heavy (non-hydrogen) atoms. The first-order valence-corrected chi connectivity index (χ1v) is 10.0. The molecule has 0 saturated carbocycles. The molecule has 2 aromatic rings. The van der Waals surface area contributed by atoms with Gasteiger partial charge in [0.1, 0.15) is 11.8 Å². The molecule has 3 atom stereocenters. The Morgan fingerprint density at radius 1 is 1.04 bits per heavy atom. The van der Waals surface area contributed by atoms with Gasteiger partial charge in [-0.3, -0.25) is 5.32 Å². The fraction of sp³-hybridized carbons (Fsp3) is 0.478. The first-order chi connectivity index (χ1) is 13.0. The van der Waals surface area contributed by atoms with E-state index in [1.165, 1.54) is 0 Å². The average Bonchev–Trinajstić information content (AvgIpc) is 3.23. The lowest BCUT2D eigenvalue weighted by atomic mass is 9.77. The van der Waals surface area contributed by atoms with E-state index in [0.29, 0.717) is 5.92 Å². The van der Waals surface area contributed by atoms with Crippen molar-refractivity contribution in [2.45, 2.75) is 57.0 Å². The number of benzene rings is 2. The molecule has 1 fully saturated rings. The lowest BCUT2D eigenvalue weighted by Crippen LogP contribution is -2.57. The zero-order valence-corrected chi connectivity index (χ0v) is 16.3. The third-order valence-electron chi connectivity index (χ3n) is 5.49. The van der Waals surface area contributed by atoms with E-state index in [1.54, 1.807) is 0 Å². The molecule has 1 unspecified atom stereocenters. The molecule has 1 aliphatic rings. The molecule has 0 amide bonds. The minimum Gasteiger partial charge on any atom is -0.379 e. The van der Waals surface area contributed by atoms with Crippen LogP contribution in [0.1, 0.15) is 44.2 Å². The summed E-state index contributed by atoms with van der Waals surface area (Å²) in [6.45, 7) is 5.22. The van der Waals surface area contributed by atoms with Crippen LogP contribution in [0.15, 0.2) is 60.7 Å². The Bertz CT molecular complexity index is 645. The zero-order valence-electron chi connectivity index (χ0n) is 16.3. The van der Waals surface area contributed by atoms with E-state index >= 15 is 0 Å². The zero-order chi connectivity index (χ0) is 19.3. The molecule has 0 aliphatic carbocycles. The first-order valence-electron chi connectivity index (χ1n) is 10.0. The fourth-order valence-corrected chi connectivity index (χ4v) is 4.09. The fourth-order valence-electron chi connectivity index (χ4n) is 4.09. The van der Waals surface area contributed by atoms with Crippen molar-refractivity contribution >= 4 is 0 Å². The summed E-state index contributed by atoms with van der Waals surface area (Å²) >= 11 is 0. The highest BCUT2D eigenvalue weighted by molar-refractivity contribution is 5.38. The Morgan fingerprint density at radius 3 is 2.04 bits per heavy atom. The van der Waals surface area contributed by atoms with Crippen LogP contribution in [0.3, 0.4) is 0 Å². The number of aliphatic hydroxyl groups is 2. The third kappa shape index (κ3) is 4.58. The number of rotatable bonds is 8. The maximum absolute atomic E-state index is 12.1. The molecule has 4 N–H and O–H groups in total. The standard InChI is InChI=1S/C23H32N2O2/c1-17(2)16-21(25-22(26)20-14-9-15-24-20)23(27,18-10-5-3-6-11-18)19-12-7-4-8-13-19/h3-8,10-13,17,20-22,24-27H,9,14-16H2,1-2H3/t20-,21-,22?/m1/s1. The lowest BCUT2D eigenvalue weighted by molar-refractivity contribution is -0.00878. The molecule has 1 heterocycles. The van der Waals surface area contributed by atoms with Crippen molar-refractivity contribution in [1.82, 2.24) is 10.6 Å². The predicted octanol–water partition coefficient (Wildman–Crippen LogP) is 3.00. The lowest BCUT2D eigenvalue weighted by Gasteiger charge is -2.40. The van der Waals surface area contributed by atoms with Crippen molar-refractivity contribution in [2.75, 3.05) is 6.54 Å². The van der Waals surface area contributed by atoms with Gasteiger partial charge in [0.15, 0.2) is 0 Å². The molecule has 146 valence electrons. The second-order valence-electron chi connectivity index (χ2n) is 7.99. The first kappa shape index (κ1) is 20.0. The number of nitrogens with one attached hydrogen (secondary N) is 2. The highest BCUT2D eigenvalue weighted by Gasteiger charge is 2.42. The number of hydrogen-bond donors (Lipinski definition) is 4. The van der Waals surface area contributed by atoms with E-state index in [-0.39, 0.29) is 12.1 Å². The Hall–Kier alpha value is -1.72. The van der Waals surface area contributed by atoms with Gasteiger partial charge in [-0.25, -0.2) is 0 Å². The van der Waals surface area contributed by atoms with Gasteiger partial charge in [-0.1, -0.05) is 74.5 Å². The van der Waals surface area contributed by atoms with E-state index in [4.69, 9.17) is 0 Å². The van der Waals surface area contributed by atoms with Gasteiger partial charge in [-0.2, -0.15) is 0 Å². The van der Waals surface area contributed by atoms with Crippen molar-refractivity contribution in [2.24, 2.45) is 5.92 Å². The van der Waals surface area contributed by atoms with Crippen LogP contribution in [0.5, 0.6) is 0 Å². The maximum atomic E-state index is 12.1. The highest BCUT2D eigenvalue weighted by atomic mass is 16.3. The minimum absolute atomic E-state index is 0.0236. The monoisotopic (exact) mass is 368 g/mol. The van der Waals surface area contributed by atoms with E-state index in [1.807, 2.05) is 60.7 Å². The van der Waals surface area contributed by atoms with Gasteiger partial charge in [-0.15, -0.1) is 0 Å². The Balaban J connectivity index is 1.99. The van der Waals surface area contributed by atoms with Crippen molar-refractivity contribution in [3.05, 3.63) is 71.8 Å². The topological polar surface area (TPSA) is 64.5 Å². The van der Waals surface area contributed by atoms with E-state index in [0.717, 1.165) is 36.9 Å². The van der Waals surface area contributed by atoms with Gasteiger partial charge in [0.25, 0.3) is 0 Å². The molecular formula is C23H32N2O2. The van der Waals surface area contributed by atoms with Gasteiger partial charge in [0.2, 0.25) is 0 Å². The van der Waals surface area contributed by atoms with Gasteiger partial charge in [-0.05, 0) is 42.9 Å². The summed E-state index contributed by atoms with van der Waals surface area (Å²) in [5.74, 6) is 0.366. The second kappa shape index (κ2) is 8.98. The molecule has 1 aliphatic heterocycles. The van der Waals surface area contributed by atoms with Crippen LogP contribution in [0.2, 0.25) is 0 Å². The van der Waals surface area contributed by atoms with Crippen molar-refractivity contribution in [3.8, 4) is 0 Å². The third-order valence-corrected chi connectivity index (χ3v) is 5.49. The molecule has 4 nitrogen and oxygen atoms in total. The molecule has 4 heteroatoms. The van der Waals surface area contributed by atoms with Crippen LogP contribution in [0.25, 0.3) is 0 Å². The van der Waals surface area contributed by atoms with E-state index in [9.17, 15) is 10.2 Å². The summed E-state index contributed by atoms with van der Waals surface area (Å²) < 4.78 is 0. The van der Waals surface area contributed by atoms with Crippen LogP contribution >= 0.6 is 0 Å². The van der Waals surface area contributed by atoms with Gasteiger partial charge in [0.05, 0.1) is 0 Å². The van der Waals surface area contributed by atoms with Crippen molar-refractivity contribution in [1.29, 1.82) is 0 Å². The number of aliphatic hydroxyl groups excluding tert-OH is 1. The smallest absolute Gasteiger partial charge is 0.130 e. The van der Waals surface area contributed by atoms with E-state index in [2.05, 4.69) is 24.5 Å². The summed E-state index contributed by atoms with van der Waals surface area (Å²) in [7, 11) is 0. The van der Waals surface area contributed by atoms with Crippen LogP contribution in [0.4, 0.5) is 0 Å². The van der Waals surface area contributed by atoms with Crippen molar-refractivity contribution in [3.63, 3.8) is 0 Å². The highest BCUT2D eigenvalue weighted by Crippen LogP contribution is 2.36. The summed E-state index contributed by atoms with van der Waals surface area (Å²) in [6, 6.07) is 19.3. The molecule has 0 aromatic heterocycles. The Labute approximate surface area is 162 Å². The second-order valence-corrected chi connectivity index (χ2v) is 7.99. The Morgan fingerprint density at radius 2 is 1.59 bits per heavy atom. The summed E-state index contributed by atoms with van der Waals surface area (Å²) in [6.07, 6.45) is 2.05. The summed E-state index contributed by atoms with van der Waals surface area (Å²) in [4.78, 5) is 0. The quantitative estimate of drug-likeness (QED) is 0.541. The van der Waals surface area contributed by atoms with Gasteiger partial charge < -0.3 is 15.5 Å². The average molecular weight is 369 g/mol. The van der Waals surface area contributed by atoms with Gasteiger partial charge >= 0.3 is 0 Å². The van der Waals surface area contributed by atoms with E-state index < -0.39 is 11.8 Å². The normalized spacial score (nSPS) is 20.0. The summed E-state index contributed by atoms with van der Waals surface area (Å²) in [5.41, 5.74) is 0.439. The SMILES string of the molecule is CC(C)C[C@@H](NC(O)[C@H]1CCCN1)C(O)(c1ccccc1)c1ccccc1. The predicted molar refractivity (Wildman–Crippen MR) is 109 cm³/mol. The van der Waals surface area contributed by atoms with Crippen molar-refractivity contribution < 1.29 is 10.2 Å². The molecule has 0 radical (unpaired) electrons. The van der Waals surface area contributed by atoms with Crippen LogP contribution in [-0.4, -0.2) is 35.1 Å². The Kier molecular flexibility index (Phi) is 6.66. The molecule has 2 aromatic carbocycles. The van der Waals surface area contributed by atoms with Gasteiger partial charge in [0, 0.05) is 12.1 Å². The maximum Gasteiger partial charge on any atom is 0.130 e. The minimum atomic E-state index is -1.23. The number of hydrogen-bond acceptors (Lipinski definition) is 4. The summed E-state index contributed by atoms with van der Waals surface area (Å²) in [5, 5.41) is 29.6. The molecule has 1 saturated heterocycles. The largest absolute Gasteiger partial charge is 0.379 e. The molecular weight excluding hydrogens is 336 g/mol. The molecule has 3 rings (SSSR count). The van der Waals surface area contributed by atoms with Crippen LogP contribution in [-0.2, 0) is 5.60 Å². The van der Waals surface area contributed by atoms with Crippen LogP contribution in [0, 0.1) is 5.92 Å². The van der Waals surface area contributed by atoms with Crippen LogP contribution < -0.4 is 10.6 Å². The molecule has 0 spiro atoms. The molecule has 0 bridgehead atoms.